The Morgan fingerprint density at radius 3 is 2.23 bits per heavy atom. The number of carbonyl (C=O) groups excluding carboxylic acids is 3. The van der Waals surface area contributed by atoms with Crippen LogP contribution in [0.5, 0.6) is 0 Å². The molecule has 7 heteroatoms. The molecule has 6 nitrogen and oxygen atoms in total. The van der Waals surface area contributed by atoms with E-state index in [9.17, 15) is 18.8 Å². The van der Waals surface area contributed by atoms with E-state index < -0.39 is 17.6 Å². The van der Waals surface area contributed by atoms with Gasteiger partial charge in [0.05, 0.1) is 0 Å². The minimum absolute atomic E-state index is 0.0469. The average Bonchev–Trinajstić information content (AvgIpc) is 3.04. The topological polar surface area (TPSA) is 78.5 Å². The molecule has 1 heterocycles. The lowest BCUT2D eigenvalue weighted by molar-refractivity contribution is -0.132. The molecule has 2 aromatic rings. The van der Waals surface area contributed by atoms with Gasteiger partial charge in [-0.25, -0.2) is 4.39 Å². The fourth-order valence-electron chi connectivity index (χ4n) is 2.79. The van der Waals surface area contributed by atoms with Crippen LogP contribution in [-0.4, -0.2) is 24.3 Å². The van der Waals surface area contributed by atoms with Gasteiger partial charge in [-0.3, -0.25) is 14.4 Å². The van der Waals surface area contributed by atoms with Gasteiger partial charge in [-0.15, -0.1) is 0 Å². The summed E-state index contributed by atoms with van der Waals surface area (Å²) in [5.74, 6) is -2.10. The van der Waals surface area contributed by atoms with Gasteiger partial charge in [0.1, 0.15) is 5.82 Å². The Labute approximate surface area is 150 Å². The summed E-state index contributed by atoms with van der Waals surface area (Å²) in [4.78, 5) is 37.7. The Balaban J connectivity index is 1.69. The molecule has 0 bridgehead atoms. The molecule has 0 saturated carbocycles. The molecule has 0 spiro atoms. The predicted molar refractivity (Wildman–Crippen MR) is 96.4 cm³/mol. The maximum absolute atomic E-state index is 12.9. The van der Waals surface area contributed by atoms with Gasteiger partial charge in [0.25, 0.3) is 0 Å². The van der Waals surface area contributed by atoms with Crippen LogP contribution in [0.2, 0.25) is 0 Å². The molecule has 1 saturated heterocycles. The molecule has 0 atom stereocenters. The van der Waals surface area contributed by atoms with Crippen molar-refractivity contribution in [1.82, 2.24) is 0 Å². The monoisotopic (exact) mass is 355 g/mol. The van der Waals surface area contributed by atoms with Crippen molar-refractivity contribution < 1.29 is 18.8 Å². The molecule has 0 aliphatic carbocycles. The van der Waals surface area contributed by atoms with Crippen molar-refractivity contribution >= 4 is 34.8 Å². The minimum atomic E-state index is -0.865. The standard InChI is InChI=1S/C19H18FN3O3/c1-12-4-7-15(11-16(12)23-10-2-3-17(23)24)22-19(26)18(25)21-14-8-5-13(20)6-9-14/h4-9,11H,2-3,10H2,1H3,(H,21,25)(H,22,26). The number of amides is 3. The molecule has 2 N–H and O–H groups in total. The van der Waals surface area contributed by atoms with Crippen molar-refractivity contribution in [3.63, 3.8) is 0 Å². The number of rotatable bonds is 3. The smallest absolute Gasteiger partial charge is 0.314 e. The van der Waals surface area contributed by atoms with Crippen LogP contribution in [0.1, 0.15) is 18.4 Å². The van der Waals surface area contributed by atoms with Gasteiger partial charge in [-0.2, -0.15) is 0 Å². The Morgan fingerprint density at radius 1 is 1.00 bits per heavy atom. The van der Waals surface area contributed by atoms with E-state index in [1.807, 2.05) is 6.92 Å². The molecule has 2 aromatic carbocycles. The Kier molecular flexibility index (Phi) is 4.97. The third kappa shape index (κ3) is 3.88. The first-order valence-corrected chi connectivity index (χ1v) is 8.23. The number of benzene rings is 2. The first kappa shape index (κ1) is 17.6. The Morgan fingerprint density at radius 2 is 1.62 bits per heavy atom. The summed E-state index contributed by atoms with van der Waals surface area (Å²) in [5, 5.41) is 4.91. The van der Waals surface area contributed by atoms with Crippen molar-refractivity contribution in [3.8, 4) is 0 Å². The van der Waals surface area contributed by atoms with E-state index in [1.54, 1.807) is 23.1 Å². The highest BCUT2D eigenvalue weighted by Gasteiger charge is 2.23. The number of aryl methyl sites for hydroxylation is 1. The lowest BCUT2D eigenvalue weighted by Crippen LogP contribution is -2.29. The third-order valence-corrected chi connectivity index (χ3v) is 4.14. The second-order valence-electron chi connectivity index (χ2n) is 6.07. The number of nitrogens with one attached hydrogen (secondary N) is 2. The summed E-state index contributed by atoms with van der Waals surface area (Å²) >= 11 is 0. The molecule has 3 amide bonds. The van der Waals surface area contributed by atoms with Crippen molar-refractivity contribution in [2.75, 3.05) is 22.1 Å². The van der Waals surface area contributed by atoms with E-state index in [0.29, 0.717) is 24.3 Å². The second-order valence-corrected chi connectivity index (χ2v) is 6.07. The molecule has 1 fully saturated rings. The highest BCUT2D eigenvalue weighted by molar-refractivity contribution is 6.43. The molecule has 1 aliphatic rings. The highest BCUT2D eigenvalue weighted by atomic mass is 19.1. The molecule has 0 radical (unpaired) electrons. The summed E-state index contributed by atoms with van der Waals surface area (Å²) in [5.41, 5.74) is 2.38. The first-order chi connectivity index (χ1) is 12.4. The van der Waals surface area contributed by atoms with Crippen LogP contribution in [0.4, 0.5) is 21.5 Å². The zero-order valence-corrected chi connectivity index (χ0v) is 14.2. The summed E-state index contributed by atoms with van der Waals surface area (Å²) in [6, 6.07) is 10.2. The molecular weight excluding hydrogens is 337 g/mol. The van der Waals surface area contributed by atoms with E-state index in [2.05, 4.69) is 10.6 Å². The number of hydrogen-bond donors (Lipinski definition) is 2. The SMILES string of the molecule is Cc1ccc(NC(=O)C(=O)Nc2ccc(F)cc2)cc1N1CCCC1=O. The fourth-order valence-corrected chi connectivity index (χ4v) is 2.79. The zero-order chi connectivity index (χ0) is 18.7. The van der Waals surface area contributed by atoms with Crippen LogP contribution >= 0.6 is 0 Å². The van der Waals surface area contributed by atoms with Gasteiger partial charge in [0.15, 0.2) is 0 Å². The summed E-state index contributed by atoms with van der Waals surface area (Å²) in [7, 11) is 0. The van der Waals surface area contributed by atoms with Gasteiger partial charge >= 0.3 is 11.8 Å². The second kappa shape index (κ2) is 7.35. The van der Waals surface area contributed by atoms with Gasteiger partial charge in [0.2, 0.25) is 5.91 Å². The van der Waals surface area contributed by atoms with Crippen molar-refractivity contribution in [3.05, 3.63) is 53.8 Å². The maximum atomic E-state index is 12.9. The van der Waals surface area contributed by atoms with E-state index in [4.69, 9.17) is 0 Å². The first-order valence-electron chi connectivity index (χ1n) is 8.23. The quantitative estimate of drug-likeness (QED) is 0.831. The fraction of sp³-hybridized carbons (Fsp3) is 0.211. The number of hydrogen-bond acceptors (Lipinski definition) is 3. The number of nitrogens with zero attached hydrogens (tertiary/aromatic N) is 1. The van der Waals surface area contributed by atoms with E-state index in [0.717, 1.165) is 17.7 Å². The summed E-state index contributed by atoms with van der Waals surface area (Å²) < 4.78 is 12.9. The van der Waals surface area contributed by atoms with Crippen LogP contribution in [0.25, 0.3) is 0 Å². The van der Waals surface area contributed by atoms with Crippen LogP contribution in [-0.2, 0) is 14.4 Å². The lowest BCUT2D eigenvalue weighted by atomic mass is 10.1. The van der Waals surface area contributed by atoms with E-state index in [1.165, 1.54) is 24.3 Å². The third-order valence-electron chi connectivity index (χ3n) is 4.14. The van der Waals surface area contributed by atoms with Crippen molar-refractivity contribution in [2.45, 2.75) is 19.8 Å². The van der Waals surface area contributed by atoms with Crippen molar-refractivity contribution in [2.24, 2.45) is 0 Å². The van der Waals surface area contributed by atoms with Crippen molar-refractivity contribution in [1.29, 1.82) is 0 Å². The molecule has 0 unspecified atom stereocenters. The largest absolute Gasteiger partial charge is 0.318 e. The minimum Gasteiger partial charge on any atom is -0.318 e. The molecule has 0 aromatic heterocycles. The molecule has 134 valence electrons. The van der Waals surface area contributed by atoms with Gasteiger partial charge in [-0.05, 0) is 55.3 Å². The number of halogens is 1. The summed E-state index contributed by atoms with van der Waals surface area (Å²) in [6.07, 6.45) is 1.31. The van der Waals surface area contributed by atoms with Crippen LogP contribution in [0.3, 0.4) is 0 Å². The maximum Gasteiger partial charge on any atom is 0.314 e. The lowest BCUT2D eigenvalue weighted by Gasteiger charge is -2.19. The average molecular weight is 355 g/mol. The van der Waals surface area contributed by atoms with Crippen LogP contribution in [0.15, 0.2) is 42.5 Å². The van der Waals surface area contributed by atoms with Gasteiger partial charge < -0.3 is 15.5 Å². The molecule has 3 rings (SSSR count). The normalized spacial score (nSPS) is 13.6. The van der Waals surface area contributed by atoms with Gasteiger partial charge in [-0.1, -0.05) is 6.07 Å². The predicted octanol–water partition coefficient (Wildman–Crippen LogP) is 2.84. The zero-order valence-electron chi connectivity index (χ0n) is 14.2. The highest BCUT2D eigenvalue weighted by Crippen LogP contribution is 2.28. The number of anilines is 3. The molecular formula is C19H18FN3O3. The van der Waals surface area contributed by atoms with E-state index in [-0.39, 0.29) is 5.91 Å². The van der Waals surface area contributed by atoms with E-state index >= 15 is 0 Å². The Hall–Kier alpha value is -3.22. The molecule has 1 aliphatic heterocycles. The summed E-state index contributed by atoms with van der Waals surface area (Å²) in [6.45, 7) is 2.52. The van der Waals surface area contributed by atoms with Crippen LogP contribution in [0, 0.1) is 12.7 Å². The Bertz CT molecular complexity index is 865. The number of carbonyl (C=O) groups is 3. The van der Waals surface area contributed by atoms with Crippen LogP contribution < -0.4 is 15.5 Å². The molecule has 26 heavy (non-hydrogen) atoms. The van der Waals surface area contributed by atoms with Gasteiger partial charge in [0, 0.05) is 30.0 Å².